The van der Waals surface area contributed by atoms with Crippen molar-refractivity contribution in [1.82, 2.24) is 4.98 Å². The summed E-state index contributed by atoms with van der Waals surface area (Å²) in [6.07, 6.45) is 7.69. The first-order valence-electron chi connectivity index (χ1n) is 4.39. The molecule has 1 aliphatic rings. The first-order chi connectivity index (χ1) is 6.92. The third-order valence-electron chi connectivity index (χ3n) is 1.96. The van der Waals surface area contributed by atoms with Crippen molar-refractivity contribution in [3.63, 3.8) is 0 Å². The fraction of sp³-hybridized carbons (Fsp3) is 0.0909. The van der Waals surface area contributed by atoms with Crippen LogP contribution in [0.15, 0.2) is 49.1 Å². The molecule has 0 spiro atoms. The van der Waals surface area contributed by atoms with Gasteiger partial charge in [0.25, 0.3) is 0 Å². The predicted octanol–water partition coefficient (Wildman–Crippen LogP) is 2.78. The zero-order valence-corrected chi connectivity index (χ0v) is 7.69. The molecule has 1 aromatic rings. The number of H-pyrrole nitrogens is 1. The number of nitrogens with one attached hydrogen (secondary N) is 1. The van der Waals surface area contributed by atoms with Crippen molar-refractivity contribution in [3.8, 4) is 0 Å². The number of hydrogen-bond donors (Lipinski definition) is 1. The Morgan fingerprint density at radius 2 is 2.43 bits per heavy atom. The highest BCUT2D eigenvalue weighted by Gasteiger charge is 2.12. The molecular weight excluding hydrogens is 178 g/mol. The molecule has 2 heterocycles. The Kier molecular flexibility index (Phi) is 2.40. The molecule has 3 heteroatoms. The Morgan fingerprint density at radius 3 is 3.14 bits per heavy atom. The molecule has 1 N–H and O–H groups in total. The van der Waals surface area contributed by atoms with Crippen LogP contribution in [0.2, 0.25) is 0 Å². The highest BCUT2D eigenvalue weighted by atomic mass is 17.2. The summed E-state index contributed by atoms with van der Waals surface area (Å²) in [6.45, 7) is 3.67. The third kappa shape index (κ3) is 1.57. The Balaban J connectivity index is 2.37. The van der Waals surface area contributed by atoms with Crippen LogP contribution < -0.4 is 0 Å². The number of hydrogen-bond acceptors (Lipinski definition) is 2. The number of allylic oxidation sites excluding steroid dienone is 3. The molecular formula is C11H11NO2. The maximum absolute atomic E-state index is 5.06. The molecule has 2 rings (SSSR count). The van der Waals surface area contributed by atoms with Crippen LogP contribution in [0.25, 0.3) is 5.57 Å². The molecule has 0 saturated heterocycles. The van der Waals surface area contributed by atoms with E-state index < -0.39 is 0 Å². The minimum atomic E-state index is 0.651. The van der Waals surface area contributed by atoms with E-state index in [4.69, 9.17) is 9.78 Å². The maximum atomic E-state index is 5.06. The summed E-state index contributed by atoms with van der Waals surface area (Å²) >= 11 is 0. The lowest BCUT2D eigenvalue weighted by atomic mass is 10.1. The van der Waals surface area contributed by atoms with E-state index in [0.29, 0.717) is 6.42 Å². The topological polar surface area (TPSA) is 34.2 Å². The van der Waals surface area contributed by atoms with Crippen LogP contribution in [0.5, 0.6) is 0 Å². The van der Waals surface area contributed by atoms with Crippen LogP contribution in [0.3, 0.4) is 0 Å². The van der Waals surface area contributed by atoms with Crippen molar-refractivity contribution in [2.24, 2.45) is 0 Å². The van der Waals surface area contributed by atoms with Crippen LogP contribution in [0.1, 0.15) is 12.1 Å². The van der Waals surface area contributed by atoms with Crippen LogP contribution in [0.4, 0.5) is 0 Å². The third-order valence-corrected chi connectivity index (χ3v) is 1.96. The lowest BCUT2D eigenvalue weighted by molar-refractivity contribution is -0.214. The van der Waals surface area contributed by atoms with Crippen LogP contribution >= 0.6 is 0 Å². The normalized spacial score (nSPS) is 14.9. The van der Waals surface area contributed by atoms with Gasteiger partial charge in [-0.15, -0.1) is 6.58 Å². The van der Waals surface area contributed by atoms with Gasteiger partial charge in [-0.25, -0.2) is 0 Å². The van der Waals surface area contributed by atoms with Crippen molar-refractivity contribution in [2.45, 2.75) is 6.42 Å². The van der Waals surface area contributed by atoms with Crippen LogP contribution in [0, 0.1) is 0 Å². The molecule has 0 fully saturated rings. The van der Waals surface area contributed by atoms with Crippen molar-refractivity contribution in [1.29, 1.82) is 0 Å². The second-order valence-electron chi connectivity index (χ2n) is 2.90. The second kappa shape index (κ2) is 3.87. The molecule has 0 saturated carbocycles. The van der Waals surface area contributed by atoms with E-state index in [0.717, 1.165) is 17.0 Å². The zero-order valence-electron chi connectivity index (χ0n) is 7.69. The van der Waals surface area contributed by atoms with E-state index in [1.165, 1.54) is 6.26 Å². The Hall–Kier alpha value is -1.90. The van der Waals surface area contributed by atoms with Gasteiger partial charge in [0, 0.05) is 23.9 Å². The summed E-state index contributed by atoms with van der Waals surface area (Å²) in [7, 11) is 0. The molecule has 0 aromatic carbocycles. The quantitative estimate of drug-likeness (QED) is 0.586. The second-order valence-corrected chi connectivity index (χ2v) is 2.90. The maximum Gasteiger partial charge on any atom is 0.168 e. The molecule has 0 atom stereocenters. The van der Waals surface area contributed by atoms with E-state index in [-0.39, 0.29) is 0 Å². The first kappa shape index (κ1) is 8.69. The Morgan fingerprint density at radius 1 is 1.50 bits per heavy atom. The number of rotatable bonds is 3. The van der Waals surface area contributed by atoms with Crippen LogP contribution in [-0.4, -0.2) is 4.98 Å². The van der Waals surface area contributed by atoms with Crippen molar-refractivity contribution >= 4 is 5.57 Å². The fourth-order valence-electron chi connectivity index (χ4n) is 1.33. The molecule has 3 nitrogen and oxygen atoms in total. The Bertz CT molecular complexity index is 374. The standard InChI is InChI=1S/C11H11NO2/c1-2-4-11-9(6-8-13-14-11)10-5-3-7-12-10/h2-3,5-8,12H,1,4H2. The average Bonchev–Trinajstić information content (AvgIpc) is 2.72. The summed E-state index contributed by atoms with van der Waals surface area (Å²) in [5.74, 6) is 0.768. The molecule has 72 valence electrons. The highest BCUT2D eigenvalue weighted by molar-refractivity contribution is 5.73. The largest absolute Gasteiger partial charge is 0.361 e. The van der Waals surface area contributed by atoms with Gasteiger partial charge >= 0.3 is 0 Å². The summed E-state index contributed by atoms with van der Waals surface area (Å²) in [5, 5.41) is 0. The van der Waals surface area contributed by atoms with Gasteiger partial charge in [-0.05, 0) is 18.2 Å². The van der Waals surface area contributed by atoms with Gasteiger partial charge in [-0.1, -0.05) is 6.08 Å². The molecule has 0 radical (unpaired) electrons. The van der Waals surface area contributed by atoms with E-state index in [9.17, 15) is 0 Å². The molecule has 14 heavy (non-hydrogen) atoms. The van der Waals surface area contributed by atoms with Gasteiger partial charge in [0.1, 0.15) is 6.26 Å². The molecule has 1 aromatic heterocycles. The SMILES string of the molecule is C=CCC1=C(c2ccc[nH]2)C=COO1. The first-order valence-corrected chi connectivity index (χ1v) is 4.39. The minimum absolute atomic E-state index is 0.651. The van der Waals surface area contributed by atoms with Gasteiger partial charge in [0.05, 0.1) is 0 Å². The van der Waals surface area contributed by atoms with Crippen LogP contribution in [-0.2, 0) is 9.78 Å². The van der Waals surface area contributed by atoms with Gasteiger partial charge < -0.3 is 4.98 Å². The molecule has 1 aliphatic heterocycles. The number of aromatic amines is 1. The monoisotopic (exact) mass is 189 g/mol. The van der Waals surface area contributed by atoms with Crippen molar-refractivity contribution in [3.05, 3.63) is 54.8 Å². The zero-order chi connectivity index (χ0) is 9.80. The fourth-order valence-corrected chi connectivity index (χ4v) is 1.33. The molecule has 0 amide bonds. The van der Waals surface area contributed by atoms with E-state index in [1.807, 2.05) is 24.4 Å². The average molecular weight is 189 g/mol. The lowest BCUT2D eigenvalue weighted by Crippen LogP contribution is -1.99. The van der Waals surface area contributed by atoms with Gasteiger partial charge in [0.15, 0.2) is 5.76 Å². The lowest BCUT2D eigenvalue weighted by Gasteiger charge is -2.13. The summed E-state index contributed by atoms with van der Waals surface area (Å²) < 4.78 is 0. The minimum Gasteiger partial charge on any atom is -0.361 e. The molecule has 0 bridgehead atoms. The van der Waals surface area contributed by atoms with Crippen molar-refractivity contribution < 1.29 is 9.78 Å². The van der Waals surface area contributed by atoms with Gasteiger partial charge in [0.2, 0.25) is 0 Å². The molecule has 0 unspecified atom stereocenters. The Labute approximate surface area is 82.3 Å². The van der Waals surface area contributed by atoms with E-state index in [2.05, 4.69) is 11.6 Å². The smallest absolute Gasteiger partial charge is 0.168 e. The van der Waals surface area contributed by atoms with Gasteiger partial charge in [-0.3, -0.25) is 9.78 Å². The van der Waals surface area contributed by atoms with Crippen molar-refractivity contribution in [2.75, 3.05) is 0 Å². The van der Waals surface area contributed by atoms with E-state index >= 15 is 0 Å². The van der Waals surface area contributed by atoms with E-state index in [1.54, 1.807) is 6.08 Å². The summed E-state index contributed by atoms with van der Waals surface area (Å²) in [6, 6.07) is 3.93. The van der Waals surface area contributed by atoms with Gasteiger partial charge in [-0.2, -0.15) is 0 Å². The molecule has 0 aliphatic carbocycles. The predicted molar refractivity (Wildman–Crippen MR) is 53.8 cm³/mol. The highest BCUT2D eigenvalue weighted by Crippen LogP contribution is 2.25. The summed E-state index contributed by atoms with van der Waals surface area (Å²) in [5.41, 5.74) is 2.02. The summed E-state index contributed by atoms with van der Waals surface area (Å²) in [4.78, 5) is 12.9. The number of aromatic nitrogens is 1.